The number of aryl methyl sites for hydroxylation is 1. The molecule has 0 amide bonds. The Balaban J connectivity index is 2.52. The van der Waals surface area contributed by atoms with Gasteiger partial charge in [0, 0.05) is 18.7 Å². The molecule has 2 rings (SSSR count). The second-order valence-corrected chi connectivity index (χ2v) is 7.32. The van der Waals surface area contributed by atoms with Crippen molar-refractivity contribution in [3.63, 3.8) is 0 Å². The van der Waals surface area contributed by atoms with Crippen molar-refractivity contribution < 1.29 is 13.2 Å². The summed E-state index contributed by atoms with van der Waals surface area (Å²) in [5.74, 6) is 0. The van der Waals surface area contributed by atoms with E-state index in [1.54, 1.807) is 12.1 Å². The summed E-state index contributed by atoms with van der Waals surface area (Å²) in [6.07, 6.45) is -4.43. The molecule has 0 fully saturated rings. The molecule has 2 aromatic rings. The summed E-state index contributed by atoms with van der Waals surface area (Å²) in [4.78, 5) is 1.68. The van der Waals surface area contributed by atoms with Crippen LogP contribution in [0.4, 0.5) is 13.2 Å². The number of hydrogen-bond acceptors (Lipinski definition) is 2. The maximum absolute atomic E-state index is 13.1. The number of hydrogen-bond donors (Lipinski definition) is 1. The Hall–Kier alpha value is -0.370. The van der Waals surface area contributed by atoms with Gasteiger partial charge in [-0.1, -0.05) is 22.0 Å². The van der Waals surface area contributed by atoms with Crippen molar-refractivity contribution in [2.24, 2.45) is 5.73 Å². The quantitative estimate of drug-likeness (QED) is 0.657. The van der Waals surface area contributed by atoms with E-state index >= 15 is 0 Å². The van der Waals surface area contributed by atoms with E-state index in [1.165, 1.54) is 17.4 Å². The van der Waals surface area contributed by atoms with Crippen LogP contribution in [0.1, 0.15) is 26.9 Å². The van der Waals surface area contributed by atoms with Crippen LogP contribution in [0.15, 0.2) is 33.2 Å². The average molecular weight is 429 g/mol. The van der Waals surface area contributed by atoms with Crippen molar-refractivity contribution in [1.29, 1.82) is 0 Å². The highest BCUT2D eigenvalue weighted by atomic mass is 79.9. The van der Waals surface area contributed by atoms with E-state index < -0.39 is 17.8 Å². The first-order chi connectivity index (χ1) is 9.20. The van der Waals surface area contributed by atoms with Gasteiger partial charge in [-0.05, 0) is 46.6 Å². The molecule has 0 saturated carbocycles. The molecule has 0 aliphatic carbocycles. The van der Waals surface area contributed by atoms with Crippen molar-refractivity contribution in [2.45, 2.75) is 19.1 Å². The zero-order valence-corrected chi connectivity index (χ0v) is 14.3. The third-order valence-corrected chi connectivity index (χ3v) is 5.55. The number of thiophene rings is 1. The van der Waals surface area contributed by atoms with Gasteiger partial charge in [0.15, 0.2) is 0 Å². The molecule has 0 spiro atoms. The smallest absolute Gasteiger partial charge is 0.320 e. The van der Waals surface area contributed by atoms with Crippen molar-refractivity contribution in [1.82, 2.24) is 0 Å². The molecule has 1 aromatic heterocycles. The lowest BCUT2D eigenvalue weighted by Gasteiger charge is -2.17. The molecule has 1 atom stereocenters. The first-order valence-electron chi connectivity index (χ1n) is 5.58. The Labute approximate surface area is 135 Å². The third-order valence-electron chi connectivity index (χ3n) is 2.84. The maximum atomic E-state index is 13.1. The minimum Gasteiger partial charge on any atom is -0.320 e. The Bertz CT molecular complexity index is 618. The standard InChI is InChI=1S/C13H10Br2F3NS/c1-6-10(15)5-11(20-6)12(19)8-3-2-7(14)4-9(8)13(16,17)18/h2-5,12H,19H2,1H3. The van der Waals surface area contributed by atoms with E-state index in [0.29, 0.717) is 9.35 Å². The van der Waals surface area contributed by atoms with E-state index in [1.807, 2.05) is 6.92 Å². The molecule has 2 N–H and O–H groups in total. The topological polar surface area (TPSA) is 26.0 Å². The summed E-state index contributed by atoms with van der Waals surface area (Å²) >= 11 is 7.81. The molecule has 1 heterocycles. The predicted octanol–water partition coefficient (Wildman–Crippen LogP) is 5.65. The van der Waals surface area contributed by atoms with Crippen LogP contribution < -0.4 is 5.73 Å². The Morgan fingerprint density at radius 3 is 2.35 bits per heavy atom. The highest BCUT2D eigenvalue weighted by molar-refractivity contribution is 9.10. The molecule has 0 aliphatic rings. The number of halogens is 5. The molecule has 20 heavy (non-hydrogen) atoms. The molecule has 0 bridgehead atoms. The molecule has 108 valence electrons. The minimum atomic E-state index is -4.43. The first kappa shape index (κ1) is 16.0. The molecule has 0 aliphatic heterocycles. The number of alkyl halides is 3. The van der Waals surface area contributed by atoms with Gasteiger partial charge in [0.2, 0.25) is 0 Å². The normalized spacial score (nSPS) is 13.6. The van der Waals surface area contributed by atoms with Crippen LogP contribution in [0, 0.1) is 6.92 Å². The Morgan fingerprint density at radius 2 is 1.85 bits per heavy atom. The monoisotopic (exact) mass is 427 g/mol. The van der Waals surface area contributed by atoms with Crippen molar-refractivity contribution in [3.8, 4) is 0 Å². The van der Waals surface area contributed by atoms with Gasteiger partial charge < -0.3 is 5.73 Å². The fraction of sp³-hybridized carbons (Fsp3) is 0.231. The number of rotatable bonds is 2. The molecule has 1 unspecified atom stereocenters. The highest BCUT2D eigenvalue weighted by Gasteiger charge is 2.35. The van der Waals surface area contributed by atoms with Crippen LogP contribution in [0.2, 0.25) is 0 Å². The van der Waals surface area contributed by atoms with E-state index in [9.17, 15) is 13.2 Å². The first-order valence-corrected chi connectivity index (χ1v) is 7.98. The predicted molar refractivity (Wildman–Crippen MR) is 81.9 cm³/mol. The van der Waals surface area contributed by atoms with Crippen LogP contribution in [0.3, 0.4) is 0 Å². The van der Waals surface area contributed by atoms with E-state index in [2.05, 4.69) is 31.9 Å². The van der Waals surface area contributed by atoms with Gasteiger partial charge in [0.05, 0.1) is 11.6 Å². The van der Waals surface area contributed by atoms with Crippen LogP contribution in [-0.2, 0) is 6.18 Å². The van der Waals surface area contributed by atoms with Crippen molar-refractivity contribution in [3.05, 3.63) is 54.1 Å². The third kappa shape index (κ3) is 3.27. The SMILES string of the molecule is Cc1sc(C(N)c2ccc(Br)cc2C(F)(F)F)cc1Br. The summed E-state index contributed by atoms with van der Waals surface area (Å²) in [5.41, 5.74) is 5.39. The Morgan fingerprint density at radius 1 is 1.20 bits per heavy atom. The summed E-state index contributed by atoms with van der Waals surface area (Å²) in [5, 5.41) is 0. The van der Waals surface area contributed by atoms with Gasteiger partial charge >= 0.3 is 6.18 Å². The molecule has 0 radical (unpaired) electrons. The average Bonchev–Trinajstić information content (AvgIpc) is 2.67. The lowest BCUT2D eigenvalue weighted by atomic mass is 9.99. The van der Waals surface area contributed by atoms with E-state index in [0.717, 1.165) is 15.4 Å². The van der Waals surface area contributed by atoms with Crippen LogP contribution in [-0.4, -0.2) is 0 Å². The fourth-order valence-electron chi connectivity index (χ4n) is 1.83. The molecule has 1 nitrogen and oxygen atoms in total. The van der Waals surface area contributed by atoms with Crippen molar-refractivity contribution >= 4 is 43.2 Å². The molecule has 1 aromatic carbocycles. The van der Waals surface area contributed by atoms with Gasteiger partial charge in [-0.3, -0.25) is 0 Å². The molecular weight excluding hydrogens is 419 g/mol. The lowest BCUT2D eigenvalue weighted by Crippen LogP contribution is -2.17. The molecule has 0 saturated heterocycles. The Kier molecular flexibility index (Phi) is 4.63. The van der Waals surface area contributed by atoms with E-state index in [-0.39, 0.29) is 5.56 Å². The summed E-state index contributed by atoms with van der Waals surface area (Å²) in [7, 11) is 0. The molecular formula is C13H10Br2F3NS. The minimum absolute atomic E-state index is 0.0782. The molecule has 7 heteroatoms. The van der Waals surface area contributed by atoms with Crippen molar-refractivity contribution in [2.75, 3.05) is 0 Å². The fourth-order valence-corrected chi connectivity index (χ4v) is 3.78. The number of nitrogens with two attached hydrogens (primary N) is 1. The second-order valence-electron chi connectivity index (χ2n) is 4.26. The van der Waals surface area contributed by atoms with Gasteiger partial charge in [-0.2, -0.15) is 13.2 Å². The van der Waals surface area contributed by atoms with Gasteiger partial charge in [0.25, 0.3) is 0 Å². The van der Waals surface area contributed by atoms with Crippen LogP contribution in [0.25, 0.3) is 0 Å². The maximum Gasteiger partial charge on any atom is 0.416 e. The van der Waals surface area contributed by atoms with E-state index in [4.69, 9.17) is 5.73 Å². The van der Waals surface area contributed by atoms with Crippen LogP contribution in [0.5, 0.6) is 0 Å². The van der Waals surface area contributed by atoms with Gasteiger partial charge in [0.1, 0.15) is 0 Å². The van der Waals surface area contributed by atoms with Gasteiger partial charge in [-0.15, -0.1) is 11.3 Å². The zero-order chi connectivity index (χ0) is 15.1. The lowest BCUT2D eigenvalue weighted by molar-refractivity contribution is -0.138. The summed E-state index contributed by atoms with van der Waals surface area (Å²) in [6.45, 7) is 1.89. The second kappa shape index (κ2) is 5.79. The largest absolute Gasteiger partial charge is 0.416 e. The summed E-state index contributed by atoms with van der Waals surface area (Å²) in [6, 6.07) is 5.02. The van der Waals surface area contributed by atoms with Crippen LogP contribution >= 0.6 is 43.2 Å². The zero-order valence-electron chi connectivity index (χ0n) is 10.3. The van der Waals surface area contributed by atoms with Gasteiger partial charge in [-0.25, -0.2) is 0 Å². The number of benzene rings is 1. The highest BCUT2D eigenvalue weighted by Crippen LogP contribution is 2.39. The summed E-state index contributed by atoms with van der Waals surface area (Å²) < 4.78 is 40.6.